The summed E-state index contributed by atoms with van der Waals surface area (Å²) in [6.45, 7) is -0.250. The molecule has 66 valence electrons. The van der Waals surface area contributed by atoms with Gasteiger partial charge in [0, 0.05) is 0 Å². The molecule has 0 saturated heterocycles. The molecule has 0 saturated carbocycles. The standard InChI is InChI=1S/C5H5NO2S.CH2O2/c6-3-1-2-9-4(3)5(7)8;2-1-3/h1-2H,6H2,(H,7,8);1H,(H,2,3). The molecule has 0 aromatic carbocycles. The number of nitrogen functional groups attached to an aromatic ring is 1. The van der Waals surface area contributed by atoms with Crippen LogP contribution in [0.25, 0.3) is 0 Å². The maximum atomic E-state index is 10.2. The number of thiophene rings is 1. The van der Waals surface area contributed by atoms with Gasteiger partial charge in [-0.05, 0) is 11.4 Å². The van der Waals surface area contributed by atoms with E-state index in [1.54, 1.807) is 11.4 Å². The number of anilines is 1. The fourth-order valence-corrected chi connectivity index (χ4v) is 1.15. The van der Waals surface area contributed by atoms with E-state index < -0.39 is 5.97 Å². The summed E-state index contributed by atoms with van der Waals surface area (Å²) < 4.78 is 0. The highest BCUT2D eigenvalue weighted by molar-refractivity contribution is 7.12. The van der Waals surface area contributed by atoms with E-state index in [1.165, 1.54) is 0 Å². The van der Waals surface area contributed by atoms with E-state index in [9.17, 15) is 4.79 Å². The quantitative estimate of drug-likeness (QED) is 0.565. The largest absolute Gasteiger partial charge is 0.483 e. The van der Waals surface area contributed by atoms with Crippen LogP contribution in [0.2, 0.25) is 0 Å². The molecule has 0 aliphatic carbocycles. The van der Waals surface area contributed by atoms with Crippen LogP contribution in [0.5, 0.6) is 0 Å². The summed E-state index contributed by atoms with van der Waals surface area (Å²) in [6, 6.07) is 1.58. The van der Waals surface area contributed by atoms with E-state index in [0.29, 0.717) is 5.69 Å². The van der Waals surface area contributed by atoms with Gasteiger partial charge >= 0.3 is 5.97 Å². The Kier molecular flexibility index (Phi) is 4.47. The van der Waals surface area contributed by atoms with Gasteiger partial charge in [0.25, 0.3) is 6.47 Å². The Morgan fingerprint density at radius 3 is 2.33 bits per heavy atom. The highest BCUT2D eigenvalue weighted by atomic mass is 32.1. The van der Waals surface area contributed by atoms with Crippen molar-refractivity contribution in [2.75, 3.05) is 5.73 Å². The molecule has 0 aliphatic heterocycles. The number of hydrogen-bond donors (Lipinski definition) is 3. The van der Waals surface area contributed by atoms with Crippen LogP contribution < -0.4 is 5.73 Å². The normalized spacial score (nSPS) is 8.00. The van der Waals surface area contributed by atoms with Crippen molar-refractivity contribution in [1.82, 2.24) is 0 Å². The lowest BCUT2D eigenvalue weighted by Gasteiger charge is -1.86. The van der Waals surface area contributed by atoms with E-state index in [2.05, 4.69) is 0 Å². The molecule has 1 aromatic heterocycles. The summed E-state index contributed by atoms with van der Waals surface area (Å²) in [5, 5.41) is 16.9. The zero-order chi connectivity index (χ0) is 9.56. The van der Waals surface area contributed by atoms with E-state index in [1.807, 2.05) is 0 Å². The van der Waals surface area contributed by atoms with Crippen LogP contribution in [0.1, 0.15) is 9.67 Å². The fourth-order valence-electron chi connectivity index (χ4n) is 0.493. The number of nitrogens with two attached hydrogens (primary N) is 1. The number of carbonyl (C=O) groups is 2. The Balaban J connectivity index is 0.000000354. The molecule has 0 radical (unpaired) electrons. The van der Waals surface area contributed by atoms with Gasteiger partial charge in [0.1, 0.15) is 4.88 Å². The molecule has 1 heterocycles. The van der Waals surface area contributed by atoms with Crippen LogP contribution in [0, 0.1) is 0 Å². The fraction of sp³-hybridized carbons (Fsp3) is 0. The van der Waals surface area contributed by atoms with Crippen LogP contribution in [-0.4, -0.2) is 22.7 Å². The topological polar surface area (TPSA) is 101 Å². The van der Waals surface area contributed by atoms with Crippen molar-refractivity contribution in [2.24, 2.45) is 0 Å². The van der Waals surface area contributed by atoms with E-state index in [4.69, 9.17) is 20.7 Å². The first-order chi connectivity index (χ1) is 5.63. The van der Waals surface area contributed by atoms with Gasteiger partial charge in [0.05, 0.1) is 5.69 Å². The first-order valence-electron chi connectivity index (χ1n) is 2.77. The summed E-state index contributed by atoms with van der Waals surface area (Å²) in [7, 11) is 0. The highest BCUT2D eigenvalue weighted by Crippen LogP contribution is 2.17. The summed E-state index contributed by atoms with van der Waals surface area (Å²) in [4.78, 5) is 18.8. The van der Waals surface area contributed by atoms with Crippen molar-refractivity contribution in [3.05, 3.63) is 16.3 Å². The molecule has 0 amide bonds. The Labute approximate surface area is 72.1 Å². The molecular formula is C6H7NO4S. The van der Waals surface area contributed by atoms with Crippen LogP contribution in [0.3, 0.4) is 0 Å². The minimum Gasteiger partial charge on any atom is -0.483 e. The maximum Gasteiger partial charge on any atom is 0.348 e. The molecule has 12 heavy (non-hydrogen) atoms. The molecule has 0 aliphatic rings. The van der Waals surface area contributed by atoms with E-state index in [0.717, 1.165) is 11.3 Å². The van der Waals surface area contributed by atoms with Crippen molar-refractivity contribution in [3.63, 3.8) is 0 Å². The monoisotopic (exact) mass is 189 g/mol. The second kappa shape index (κ2) is 5.14. The Morgan fingerprint density at radius 1 is 1.67 bits per heavy atom. The first kappa shape index (κ1) is 10.4. The Hall–Kier alpha value is -1.56. The summed E-state index contributed by atoms with van der Waals surface area (Å²) in [5.74, 6) is -0.956. The van der Waals surface area contributed by atoms with Crippen molar-refractivity contribution in [2.45, 2.75) is 0 Å². The number of carboxylic acid groups (broad SMARTS) is 2. The van der Waals surface area contributed by atoms with Crippen molar-refractivity contribution < 1.29 is 19.8 Å². The predicted molar refractivity (Wildman–Crippen MR) is 44.4 cm³/mol. The van der Waals surface area contributed by atoms with Gasteiger partial charge in [-0.3, -0.25) is 4.79 Å². The van der Waals surface area contributed by atoms with Crippen LogP contribution in [0.15, 0.2) is 11.4 Å². The van der Waals surface area contributed by atoms with Crippen LogP contribution in [-0.2, 0) is 4.79 Å². The molecular weight excluding hydrogens is 182 g/mol. The average Bonchev–Trinajstić information content (AvgIpc) is 2.36. The van der Waals surface area contributed by atoms with Gasteiger partial charge in [-0.25, -0.2) is 4.79 Å². The molecule has 1 aromatic rings. The summed E-state index contributed by atoms with van der Waals surface area (Å²) in [5.41, 5.74) is 5.61. The minimum atomic E-state index is -0.956. The van der Waals surface area contributed by atoms with Crippen molar-refractivity contribution in [1.29, 1.82) is 0 Å². The number of carboxylic acids is 1. The van der Waals surface area contributed by atoms with E-state index in [-0.39, 0.29) is 11.3 Å². The zero-order valence-electron chi connectivity index (χ0n) is 5.93. The number of aromatic carboxylic acids is 1. The third-order valence-corrected chi connectivity index (χ3v) is 1.81. The lowest BCUT2D eigenvalue weighted by Crippen LogP contribution is -1.96. The van der Waals surface area contributed by atoms with Gasteiger partial charge in [-0.1, -0.05) is 0 Å². The summed E-state index contributed by atoms with van der Waals surface area (Å²) in [6.07, 6.45) is 0. The molecule has 5 nitrogen and oxygen atoms in total. The maximum absolute atomic E-state index is 10.2. The number of hydrogen-bond acceptors (Lipinski definition) is 4. The third-order valence-electron chi connectivity index (χ3n) is 0.890. The first-order valence-corrected chi connectivity index (χ1v) is 3.65. The Bertz CT molecular complexity index is 270. The van der Waals surface area contributed by atoms with Crippen molar-refractivity contribution >= 4 is 29.5 Å². The molecule has 0 atom stereocenters. The smallest absolute Gasteiger partial charge is 0.348 e. The Morgan fingerprint density at radius 2 is 2.17 bits per heavy atom. The highest BCUT2D eigenvalue weighted by Gasteiger charge is 2.06. The van der Waals surface area contributed by atoms with Crippen LogP contribution in [0.4, 0.5) is 5.69 Å². The van der Waals surface area contributed by atoms with E-state index >= 15 is 0 Å². The molecule has 6 heteroatoms. The summed E-state index contributed by atoms with van der Waals surface area (Å²) >= 11 is 1.13. The van der Waals surface area contributed by atoms with Crippen molar-refractivity contribution in [3.8, 4) is 0 Å². The second-order valence-corrected chi connectivity index (χ2v) is 2.53. The third kappa shape index (κ3) is 3.02. The SMILES string of the molecule is Nc1ccsc1C(=O)O.O=CO. The van der Waals surface area contributed by atoms with Crippen LogP contribution >= 0.6 is 11.3 Å². The minimum absolute atomic E-state index is 0.218. The molecule has 4 N–H and O–H groups in total. The molecule has 0 bridgehead atoms. The predicted octanol–water partition coefficient (Wildman–Crippen LogP) is 0.729. The molecule has 0 fully saturated rings. The number of rotatable bonds is 1. The van der Waals surface area contributed by atoms with Gasteiger partial charge in [0.2, 0.25) is 0 Å². The lowest BCUT2D eigenvalue weighted by molar-refractivity contribution is -0.122. The van der Waals surface area contributed by atoms with Gasteiger partial charge < -0.3 is 15.9 Å². The molecule has 0 unspecified atom stereocenters. The lowest BCUT2D eigenvalue weighted by atomic mass is 10.4. The van der Waals surface area contributed by atoms with Gasteiger partial charge in [0.15, 0.2) is 0 Å². The average molecular weight is 189 g/mol. The molecule has 0 spiro atoms. The van der Waals surface area contributed by atoms with Gasteiger partial charge in [-0.15, -0.1) is 11.3 Å². The molecule has 1 rings (SSSR count). The zero-order valence-corrected chi connectivity index (χ0v) is 6.75. The second-order valence-electron chi connectivity index (χ2n) is 1.62. The van der Waals surface area contributed by atoms with Gasteiger partial charge in [-0.2, -0.15) is 0 Å².